The van der Waals surface area contributed by atoms with Gasteiger partial charge >= 0.3 is 0 Å². The quantitative estimate of drug-likeness (QED) is 0.344. The minimum atomic E-state index is -0.442. The number of nitrogens with one attached hydrogen (secondary N) is 1. The second-order valence-corrected chi connectivity index (χ2v) is 7.71. The Morgan fingerprint density at radius 1 is 1.14 bits per heavy atom. The molecule has 0 aliphatic heterocycles. The molecular weight excluding hydrogens is 390 g/mol. The van der Waals surface area contributed by atoms with Gasteiger partial charge in [0.2, 0.25) is 5.91 Å². The van der Waals surface area contributed by atoms with E-state index in [0.29, 0.717) is 29.0 Å². The lowest BCUT2D eigenvalue weighted by Gasteiger charge is -2.11. The van der Waals surface area contributed by atoms with E-state index in [1.807, 2.05) is 48.7 Å². The van der Waals surface area contributed by atoms with E-state index in [1.165, 1.54) is 23.9 Å². The van der Waals surface area contributed by atoms with Gasteiger partial charge in [0.25, 0.3) is 5.69 Å². The first kappa shape index (κ1) is 20.5. The summed E-state index contributed by atoms with van der Waals surface area (Å²) in [6.45, 7) is 4.70. The molecule has 2 aromatic carbocycles. The van der Waals surface area contributed by atoms with E-state index >= 15 is 0 Å². The molecule has 8 nitrogen and oxygen atoms in total. The van der Waals surface area contributed by atoms with Gasteiger partial charge in [0, 0.05) is 29.9 Å². The molecule has 0 unspecified atom stereocenters. The van der Waals surface area contributed by atoms with Gasteiger partial charge < -0.3 is 5.32 Å². The summed E-state index contributed by atoms with van der Waals surface area (Å²) >= 11 is 1.29. The van der Waals surface area contributed by atoms with Crippen molar-refractivity contribution in [2.75, 3.05) is 12.3 Å². The van der Waals surface area contributed by atoms with Crippen molar-refractivity contribution >= 4 is 23.4 Å². The molecule has 0 spiro atoms. The van der Waals surface area contributed by atoms with E-state index in [1.54, 1.807) is 12.1 Å². The maximum Gasteiger partial charge on any atom is 0.269 e. The maximum atomic E-state index is 12.1. The highest BCUT2D eigenvalue weighted by molar-refractivity contribution is 7.99. The van der Waals surface area contributed by atoms with Crippen LogP contribution in [0.1, 0.15) is 13.8 Å². The summed E-state index contributed by atoms with van der Waals surface area (Å²) in [6.07, 6.45) is 0. The topological polar surface area (TPSA) is 103 Å². The van der Waals surface area contributed by atoms with Gasteiger partial charge in [-0.1, -0.05) is 43.8 Å². The standard InChI is InChI=1S/C20H21N5O3S/c1-14(2)12-21-18(26)13-29-20-23-22-19(24(20)16-6-4-3-5-7-16)15-8-10-17(11-9-15)25(27)28/h3-11,14H,12-13H2,1-2H3,(H,21,26). The van der Waals surface area contributed by atoms with Gasteiger partial charge in [-0.3, -0.25) is 19.5 Å². The number of amides is 1. The number of benzene rings is 2. The Labute approximate surface area is 172 Å². The number of carbonyl (C=O) groups excluding carboxylic acids is 1. The number of para-hydroxylation sites is 1. The van der Waals surface area contributed by atoms with Crippen molar-refractivity contribution in [3.8, 4) is 17.1 Å². The summed E-state index contributed by atoms with van der Waals surface area (Å²) in [4.78, 5) is 22.6. The third-order valence-electron chi connectivity index (χ3n) is 4.02. The Balaban J connectivity index is 1.90. The van der Waals surface area contributed by atoms with Crippen molar-refractivity contribution in [2.24, 2.45) is 5.92 Å². The van der Waals surface area contributed by atoms with Crippen molar-refractivity contribution in [3.05, 3.63) is 64.7 Å². The fourth-order valence-corrected chi connectivity index (χ4v) is 3.37. The lowest BCUT2D eigenvalue weighted by atomic mass is 10.2. The number of nitro groups is 1. The van der Waals surface area contributed by atoms with Crippen LogP contribution in [0.25, 0.3) is 17.1 Å². The molecule has 3 rings (SSSR count). The Hall–Kier alpha value is -3.20. The first-order valence-electron chi connectivity index (χ1n) is 9.11. The molecule has 9 heteroatoms. The van der Waals surface area contributed by atoms with Gasteiger partial charge in [0.05, 0.1) is 10.7 Å². The molecular formula is C20H21N5O3S. The van der Waals surface area contributed by atoms with Gasteiger partial charge in [0.15, 0.2) is 11.0 Å². The molecule has 3 aromatic rings. The summed E-state index contributed by atoms with van der Waals surface area (Å²) in [5.41, 5.74) is 1.55. The zero-order valence-corrected chi connectivity index (χ0v) is 16.9. The fourth-order valence-electron chi connectivity index (χ4n) is 2.59. The SMILES string of the molecule is CC(C)CNC(=O)CSc1nnc(-c2ccc([N+](=O)[O-])cc2)n1-c1ccccc1. The first-order valence-corrected chi connectivity index (χ1v) is 10.1. The Kier molecular flexibility index (Phi) is 6.61. The summed E-state index contributed by atoms with van der Waals surface area (Å²) in [7, 11) is 0. The van der Waals surface area contributed by atoms with E-state index in [9.17, 15) is 14.9 Å². The molecule has 0 bridgehead atoms. The van der Waals surface area contributed by atoms with Crippen LogP contribution in [0.15, 0.2) is 59.8 Å². The normalized spacial score (nSPS) is 10.9. The number of aromatic nitrogens is 3. The maximum absolute atomic E-state index is 12.1. The van der Waals surface area contributed by atoms with Crippen molar-refractivity contribution in [1.29, 1.82) is 0 Å². The van der Waals surface area contributed by atoms with Crippen LogP contribution in [0.3, 0.4) is 0 Å². The summed E-state index contributed by atoms with van der Waals surface area (Å²) in [5.74, 6) is 1.09. The highest BCUT2D eigenvalue weighted by Crippen LogP contribution is 2.28. The third-order valence-corrected chi connectivity index (χ3v) is 4.95. The zero-order valence-electron chi connectivity index (χ0n) is 16.1. The van der Waals surface area contributed by atoms with Crippen LogP contribution >= 0.6 is 11.8 Å². The predicted octanol–water partition coefficient (Wildman–Crippen LogP) is 3.71. The number of non-ortho nitro benzene ring substituents is 1. The van der Waals surface area contributed by atoms with Crippen molar-refractivity contribution in [3.63, 3.8) is 0 Å². The molecule has 0 aliphatic rings. The van der Waals surface area contributed by atoms with Crippen LogP contribution in [-0.2, 0) is 4.79 Å². The zero-order chi connectivity index (χ0) is 20.8. The van der Waals surface area contributed by atoms with E-state index < -0.39 is 4.92 Å². The molecule has 0 saturated heterocycles. The Morgan fingerprint density at radius 2 is 1.83 bits per heavy atom. The second-order valence-electron chi connectivity index (χ2n) is 6.77. The molecule has 0 radical (unpaired) electrons. The molecule has 1 amide bonds. The van der Waals surface area contributed by atoms with Crippen LogP contribution < -0.4 is 5.32 Å². The van der Waals surface area contributed by atoms with Crippen LogP contribution in [0.4, 0.5) is 5.69 Å². The molecule has 1 aromatic heterocycles. The van der Waals surface area contributed by atoms with Crippen LogP contribution in [0, 0.1) is 16.0 Å². The molecule has 0 fully saturated rings. The third kappa shape index (κ3) is 5.20. The van der Waals surface area contributed by atoms with Crippen molar-refractivity contribution in [1.82, 2.24) is 20.1 Å². The second kappa shape index (κ2) is 9.33. The van der Waals surface area contributed by atoms with Crippen LogP contribution in [0.5, 0.6) is 0 Å². The smallest absolute Gasteiger partial charge is 0.269 e. The number of rotatable bonds is 8. The summed E-state index contributed by atoms with van der Waals surface area (Å²) in [5, 5.41) is 22.9. The van der Waals surface area contributed by atoms with E-state index in [0.717, 1.165) is 5.69 Å². The molecule has 150 valence electrons. The monoisotopic (exact) mass is 411 g/mol. The Morgan fingerprint density at radius 3 is 2.45 bits per heavy atom. The van der Waals surface area contributed by atoms with Crippen LogP contribution in [0.2, 0.25) is 0 Å². The molecule has 29 heavy (non-hydrogen) atoms. The van der Waals surface area contributed by atoms with Crippen molar-refractivity contribution in [2.45, 2.75) is 19.0 Å². The average Bonchev–Trinajstić information content (AvgIpc) is 3.15. The largest absolute Gasteiger partial charge is 0.355 e. The lowest BCUT2D eigenvalue weighted by Crippen LogP contribution is -2.28. The van der Waals surface area contributed by atoms with E-state index in [-0.39, 0.29) is 17.3 Å². The van der Waals surface area contributed by atoms with Gasteiger partial charge in [-0.05, 0) is 30.2 Å². The minimum Gasteiger partial charge on any atom is -0.355 e. The minimum absolute atomic E-state index is 0.0101. The highest BCUT2D eigenvalue weighted by Gasteiger charge is 2.18. The average molecular weight is 411 g/mol. The van der Waals surface area contributed by atoms with Crippen LogP contribution in [-0.4, -0.2) is 37.9 Å². The predicted molar refractivity (Wildman–Crippen MR) is 112 cm³/mol. The Bertz CT molecular complexity index is 987. The molecule has 0 atom stereocenters. The molecule has 0 aliphatic carbocycles. The number of carbonyl (C=O) groups is 1. The number of hydrogen-bond donors (Lipinski definition) is 1. The molecule has 0 saturated carbocycles. The summed E-state index contributed by atoms with van der Waals surface area (Å²) < 4.78 is 1.85. The number of nitrogens with zero attached hydrogens (tertiary/aromatic N) is 4. The van der Waals surface area contributed by atoms with E-state index in [4.69, 9.17) is 0 Å². The number of thioether (sulfide) groups is 1. The van der Waals surface area contributed by atoms with Gasteiger partial charge in [0.1, 0.15) is 0 Å². The molecule has 1 heterocycles. The first-order chi connectivity index (χ1) is 14.0. The van der Waals surface area contributed by atoms with E-state index in [2.05, 4.69) is 15.5 Å². The fraction of sp³-hybridized carbons (Fsp3) is 0.250. The molecule has 1 N–H and O–H groups in total. The van der Waals surface area contributed by atoms with Gasteiger partial charge in [-0.15, -0.1) is 10.2 Å². The summed E-state index contributed by atoms with van der Waals surface area (Å²) in [6, 6.07) is 15.7. The number of hydrogen-bond acceptors (Lipinski definition) is 6. The highest BCUT2D eigenvalue weighted by atomic mass is 32.2. The number of nitro benzene ring substituents is 1. The van der Waals surface area contributed by atoms with Crippen molar-refractivity contribution < 1.29 is 9.72 Å². The van der Waals surface area contributed by atoms with Gasteiger partial charge in [-0.25, -0.2) is 0 Å². The van der Waals surface area contributed by atoms with Gasteiger partial charge in [-0.2, -0.15) is 0 Å². The lowest BCUT2D eigenvalue weighted by molar-refractivity contribution is -0.384.